The number of esters is 2. The lowest BCUT2D eigenvalue weighted by Crippen LogP contribution is -2.25. The molecule has 0 aliphatic rings. The third-order valence-electron chi connectivity index (χ3n) is 2.11. The third-order valence-corrected chi connectivity index (χ3v) is 2.11. The summed E-state index contributed by atoms with van der Waals surface area (Å²) in [4.78, 5) is 21.9. The van der Waals surface area contributed by atoms with Gasteiger partial charge in [0.15, 0.2) is 0 Å². The summed E-state index contributed by atoms with van der Waals surface area (Å²) in [7, 11) is 0. The molecule has 5 heteroatoms. The van der Waals surface area contributed by atoms with E-state index in [0.29, 0.717) is 19.6 Å². The molecular formula is C12H23NO4. The highest BCUT2D eigenvalue weighted by Gasteiger charge is 2.01. The number of carbonyl (C=O) groups is 2. The first-order chi connectivity index (χ1) is 8.20. The van der Waals surface area contributed by atoms with E-state index in [2.05, 4.69) is 5.32 Å². The van der Waals surface area contributed by atoms with Gasteiger partial charge in [0.25, 0.3) is 0 Å². The summed E-state index contributed by atoms with van der Waals surface area (Å²) in [5.74, 6) is -0.356. The van der Waals surface area contributed by atoms with Gasteiger partial charge in [-0.2, -0.15) is 0 Å². The van der Waals surface area contributed by atoms with Gasteiger partial charge in [0.05, 0.1) is 19.8 Å². The highest BCUT2D eigenvalue weighted by atomic mass is 16.5. The van der Waals surface area contributed by atoms with Crippen LogP contribution in [0.25, 0.3) is 0 Å². The van der Waals surface area contributed by atoms with Crippen LogP contribution >= 0.6 is 0 Å². The van der Waals surface area contributed by atoms with Gasteiger partial charge in [0.1, 0.15) is 0 Å². The highest BCUT2D eigenvalue weighted by molar-refractivity contribution is 5.71. The van der Waals surface area contributed by atoms with E-state index in [9.17, 15) is 9.59 Å². The SMILES string of the molecule is CCOC(=O)CCCCCNCC(=O)OCC. The van der Waals surface area contributed by atoms with E-state index < -0.39 is 0 Å². The maximum atomic E-state index is 11.0. The second kappa shape index (κ2) is 11.4. The Balaban J connectivity index is 3.18. The standard InChI is InChI=1S/C12H23NO4/c1-3-16-11(14)8-6-5-7-9-13-10-12(15)17-4-2/h13H,3-10H2,1-2H3. The highest BCUT2D eigenvalue weighted by Crippen LogP contribution is 2.00. The van der Waals surface area contributed by atoms with Crippen molar-refractivity contribution in [1.29, 1.82) is 0 Å². The number of carbonyl (C=O) groups excluding carboxylic acids is 2. The molecule has 0 aliphatic carbocycles. The van der Waals surface area contributed by atoms with Crippen molar-refractivity contribution in [2.24, 2.45) is 0 Å². The molecule has 0 saturated heterocycles. The smallest absolute Gasteiger partial charge is 0.319 e. The normalized spacial score (nSPS) is 10.0. The van der Waals surface area contributed by atoms with Gasteiger partial charge in [-0.05, 0) is 33.2 Å². The maximum Gasteiger partial charge on any atom is 0.319 e. The average molecular weight is 245 g/mol. The van der Waals surface area contributed by atoms with Crippen molar-refractivity contribution >= 4 is 11.9 Å². The molecule has 0 unspecified atom stereocenters. The summed E-state index contributed by atoms with van der Waals surface area (Å²) in [6.45, 7) is 5.47. The molecule has 0 radical (unpaired) electrons. The number of rotatable bonds is 10. The Morgan fingerprint density at radius 3 is 2.24 bits per heavy atom. The second-order valence-corrected chi connectivity index (χ2v) is 3.60. The molecule has 0 aromatic heterocycles. The molecule has 0 heterocycles. The molecule has 0 aliphatic heterocycles. The van der Waals surface area contributed by atoms with E-state index in [4.69, 9.17) is 9.47 Å². The minimum absolute atomic E-state index is 0.132. The summed E-state index contributed by atoms with van der Waals surface area (Å²) in [6.07, 6.45) is 3.21. The average Bonchev–Trinajstić information content (AvgIpc) is 2.28. The predicted octanol–water partition coefficient (Wildman–Crippen LogP) is 1.26. The number of hydrogen-bond donors (Lipinski definition) is 1. The summed E-state index contributed by atoms with van der Waals surface area (Å²) in [6, 6.07) is 0. The second-order valence-electron chi connectivity index (χ2n) is 3.60. The summed E-state index contributed by atoms with van der Waals surface area (Å²) in [5, 5.41) is 2.99. The van der Waals surface area contributed by atoms with Crippen molar-refractivity contribution in [3.63, 3.8) is 0 Å². The van der Waals surface area contributed by atoms with Crippen LogP contribution in [0.4, 0.5) is 0 Å². The Labute approximate surface area is 103 Å². The number of unbranched alkanes of at least 4 members (excludes halogenated alkanes) is 2. The van der Waals surface area contributed by atoms with Crippen LogP contribution in [-0.2, 0) is 19.1 Å². The number of hydrogen-bond acceptors (Lipinski definition) is 5. The first kappa shape index (κ1) is 15.9. The van der Waals surface area contributed by atoms with Gasteiger partial charge < -0.3 is 14.8 Å². The largest absolute Gasteiger partial charge is 0.466 e. The fraction of sp³-hybridized carbons (Fsp3) is 0.833. The Hall–Kier alpha value is -1.10. The number of ether oxygens (including phenoxy) is 2. The zero-order valence-electron chi connectivity index (χ0n) is 10.8. The molecule has 5 nitrogen and oxygen atoms in total. The molecule has 0 fully saturated rings. The minimum Gasteiger partial charge on any atom is -0.466 e. The van der Waals surface area contributed by atoms with Gasteiger partial charge in [-0.15, -0.1) is 0 Å². The van der Waals surface area contributed by atoms with Gasteiger partial charge in [-0.1, -0.05) is 6.42 Å². The molecule has 0 amide bonds. The Kier molecular flexibility index (Phi) is 10.7. The molecule has 0 aromatic carbocycles. The third kappa shape index (κ3) is 11.2. The van der Waals surface area contributed by atoms with E-state index in [-0.39, 0.29) is 18.5 Å². The molecule has 0 bridgehead atoms. The minimum atomic E-state index is -0.223. The fourth-order valence-corrected chi connectivity index (χ4v) is 1.33. The van der Waals surface area contributed by atoms with E-state index in [1.165, 1.54) is 0 Å². The van der Waals surface area contributed by atoms with E-state index >= 15 is 0 Å². The topological polar surface area (TPSA) is 64.6 Å². The van der Waals surface area contributed by atoms with Crippen molar-refractivity contribution in [2.75, 3.05) is 26.3 Å². The van der Waals surface area contributed by atoms with Gasteiger partial charge in [0, 0.05) is 6.42 Å². The molecule has 0 aromatic rings. The van der Waals surface area contributed by atoms with E-state index in [0.717, 1.165) is 25.8 Å². The van der Waals surface area contributed by atoms with Crippen LogP contribution in [0.15, 0.2) is 0 Å². The number of nitrogens with one attached hydrogen (secondary N) is 1. The van der Waals surface area contributed by atoms with E-state index in [1.54, 1.807) is 13.8 Å². The predicted molar refractivity (Wildman–Crippen MR) is 64.6 cm³/mol. The van der Waals surface area contributed by atoms with Crippen molar-refractivity contribution in [3.05, 3.63) is 0 Å². The fourth-order valence-electron chi connectivity index (χ4n) is 1.33. The molecule has 0 saturated carbocycles. The van der Waals surface area contributed by atoms with Crippen molar-refractivity contribution < 1.29 is 19.1 Å². The monoisotopic (exact) mass is 245 g/mol. The van der Waals surface area contributed by atoms with Gasteiger partial charge in [-0.25, -0.2) is 0 Å². The lowest BCUT2D eigenvalue weighted by atomic mass is 10.2. The van der Waals surface area contributed by atoms with Gasteiger partial charge >= 0.3 is 11.9 Å². The van der Waals surface area contributed by atoms with Crippen LogP contribution in [0.2, 0.25) is 0 Å². The first-order valence-electron chi connectivity index (χ1n) is 6.22. The van der Waals surface area contributed by atoms with Crippen LogP contribution in [-0.4, -0.2) is 38.2 Å². The zero-order chi connectivity index (χ0) is 12.9. The quantitative estimate of drug-likeness (QED) is 0.464. The van der Waals surface area contributed by atoms with Crippen LogP contribution in [0.1, 0.15) is 39.5 Å². The van der Waals surface area contributed by atoms with Crippen LogP contribution in [0.3, 0.4) is 0 Å². The zero-order valence-corrected chi connectivity index (χ0v) is 10.8. The van der Waals surface area contributed by atoms with E-state index in [1.807, 2.05) is 0 Å². The van der Waals surface area contributed by atoms with Crippen LogP contribution in [0.5, 0.6) is 0 Å². The molecule has 100 valence electrons. The molecular weight excluding hydrogens is 222 g/mol. The molecule has 17 heavy (non-hydrogen) atoms. The summed E-state index contributed by atoms with van der Waals surface area (Å²) < 4.78 is 9.58. The van der Waals surface area contributed by atoms with Crippen molar-refractivity contribution in [1.82, 2.24) is 5.32 Å². The van der Waals surface area contributed by atoms with Crippen molar-refractivity contribution in [3.8, 4) is 0 Å². The van der Waals surface area contributed by atoms with Crippen molar-refractivity contribution in [2.45, 2.75) is 39.5 Å². The molecule has 0 atom stereocenters. The summed E-state index contributed by atoms with van der Waals surface area (Å²) >= 11 is 0. The molecule has 0 rings (SSSR count). The van der Waals surface area contributed by atoms with Gasteiger partial charge in [0.2, 0.25) is 0 Å². The first-order valence-corrected chi connectivity index (χ1v) is 6.22. The van der Waals surface area contributed by atoms with Gasteiger partial charge in [-0.3, -0.25) is 9.59 Å². The van der Waals surface area contributed by atoms with Crippen LogP contribution in [0, 0.1) is 0 Å². The summed E-state index contributed by atoms with van der Waals surface area (Å²) in [5.41, 5.74) is 0. The Morgan fingerprint density at radius 2 is 1.59 bits per heavy atom. The lowest BCUT2D eigenvalue weighted by Gasteiger charge is -2.04. The Morgan fingerprint density at radius 1 is 0.941 bits per heavy atom. The maximum absolute atomic E-state index is 11.0. The lowest BCUT2D eigenvalue weighted by molar-refractivity contribution is -0.143. The molecule has 1 N–H and O–H groups in total. The molecule has 0 spiro atoms. The van der Waals surface area contributed by atoms with Crippen LogP contribution < -0.4 is 5.32 Å². The Bertz CT molecular complexity index is 197.